The van der Waals surface area contributed by atoms with Gasteiger partial charge in [-0.05, 0) is 24.5 Å². The molecule has 1 amide bonds. The van der Waals surface area contributed by atoms with Crippen LogP contribution in [-0.2, 0) is 19.4 Å². The third kappa shape index (κ3) is 5.19. The smallest absolute Gasteiger partial charge is 0.342 e. The lowest BCUT2D eigenvalue weighted by Crippen LogP contribution is -2.45. The average Bonchev–Trinajstić information content (AvgIpc) is 2.90. The maximum atomic E-state index is 12.5. The predicted octanol–water partition coefficient (Wildman–Crippen LogP) is 1.22. The molecule has 0 radical (unpaired) electrons. The molecule has 2 rings (SSSR count). The highest BCUT2D eigenvalue weighted by molar-refractivity contribution is 7.91. The average molecular weight is 369 g/mol. The summed E-state index contributed by atoms with van der Waals surface area (Å²) in [5.74, 6) is -1.28. The number of benzene rings is 1. The molecule has 1 saturated heterocycles. The van der Waals surface area contributed by atoms with Gasteiger partial charge in [0.05, 0.1) is 11.5 Å². The summed E-state index contributed by atoms with van der Waals surface area (Å²) in [6.07, 6.45) is 0.397. The molecule has 0 spiro atoms. The molecule has 0 bridgehead atoms. The number of hydrogen-bond acceptors (Lipinski definition) is 6. The minimum Gasteiger partial charge on any atom is -0.507 e. The first kappa shape index (κ1) is 19.2. The Hall–Kier alpha value is -2.09. The maximum absolute atomic E-state index is 12.5. The second-order valence-electron chi connectivity index (χ2n) is 6.59. The van der Waals surface area contributed by atoms with Crippen LogP contribution in [0.1, 0.15) is 30.6 Å². The van der Waals surface area contributed by atoms with E-state index in [4.69, 9.17) is 4.74 Å². The molecule has 1 aliphatic rings. The zero-order valence-electron chi connectivity index (χ0n) is 14.3. The first-order chi connectivity index (χ1) is 11.7. The van der Waals surface area contributed by atoms with Gasteiger partial charge in [-0.25, -0.2) is 13.2 Å². The number of aromatic hydroxyl groups is 1. The molecule has 0 aliphatic carbocycles. The Morgan fingerprint density at radius 1 is 1.32 bits per heavy atom. The van der Waals surface area contributed by atoms with Crippen LogP contribution >= 0.6 is 0 Å². The fourth-order valence-electron chi connectivity index (χ4n) is 2.80. The molecule has 0 aromatic heterocycles. The number of nitrogens with zero attached hydrogens (tertiary/aromatic N) is 1. The normalized spacial score (nSPS) is 18.9. The molecule has 1 N–H and O–H groups in total. The van der Waals surface area contributed by atoms with E-state index in [-0.39, 0.29) is 34.8 Å². The second kappa shape index (κ2) is 7.86. The van der Waals surface area contributed by atoms with Crippen LogP contribution in [-0.4, -0.2) is 61.0 Å². The van der Waals surface area contributed by atoms with E-state index < -0.39 is 28.3 Å². The van der Waals surface area contributed by atoms with Crippen molar-refractivity contribution >= 4 is 21.7 Å². The van der Waals surface area contributed by atoms with Crippen molar-refractivity contribution in [3.05, 3.63) is 29.8 Å². The van der Waals surface area contributed by atoms with Gasteiger partial charge in [0, 0.05) is 12.6 Å². The fourth-order valence-corrected chi connectivity index (χ4v) is 4.53. The first-order valence-corrected chi connectivity index (χ1v) is 9.97. The Morgan fingerprint density at radius 3 is 2.56 bits per heavy atom. The van der Waals surface area contributed by atoms with E-state index in [0.717, 1.165) is 0 Å². The number of amides is 1. The van der Waals surface area contributed by atoms with Crippen LogP contribution in [0.3, 0.4) is 0 Å². The van der Waals surface area contributed by atoms with Gasteiger partial charge in [0.15, 0.2) is 16.4 Å². The molecule has 8 heteroatoms. The van der Waals surface area contributed by atoms with Gasteiger partial charge >= 0.3 is 5.97 Å². The largest absolute Gasteiger partial charge is 0.507 e. The third-order valence-corrected chi connectivity index (χ3v) is 5.73. The van der Waals surface area contributed by atoms with Crippen LogP contribution in [0.15, 0.2) is 24.3 Å². The van der Waals surface area contributed by atoms with Crippen molar-refractivity contribution in [1.82, 2.24) is 4.90 Å². The first-order valence-electron chi connectivity index (χ1n) is 8.14. The fraction of sp³-hybridized carbons (Fsp3) is 0.529. The molecular formula is C17H23NO6S. The van der Waals surface area contributed by atoms with Crippen LogP contribution in [0.25, 0.3) is 0 Å². The highest BCUT2D eigenvalue weighted by atomic mass is 32.2. The minimum atomic E-state index is -3.12. The summed E-state index contributed by atoms with van der Waals surface area (Å²) >= 11 is 0. The lowest BCUT2D eigenvalue weighted by atomic mass is 10.1. The number of sulfone groups is 1. The monoisotopic (exact) mass is 369 g/mol. The molecule has 25 heavy (non-hydrogen) atoms. The standard InChI is InChI=1S/C17H23NO6S/c1-12(2)9-18(13-7-8-25(22,23)11-13)16(20)10-24-17(21)14-5-3-4-6-15(14)19/h3-6,12-13,19H,7-11H2,1-2H3/t13-/m0/s1. The SMILES string of the molecule is CC(C)CN(C(=O)COC(=O)c1ccccc1O)[C@H]1CCS(=O)(=O)C1. The van der Waals surface area contributed by atoms with Gasteiger partial charge in [-0.15, -0.1) is 0 Å². The van der Waals surface area contributed by atoms with Gasteiger partial charge < -0.3 is 14.7 Å². The lowest BCUT2D eigenvalue weighted by molar-refractivity contribution is -0.137. The van der Waals surface area contributed by atoms with Crippen LogP contribution in [0.5, 0.6) is 5.75 Å². The van der Waals surface area contributed by atoms with Crippen molar-refractivity contribution in [3.63, 3.8) is 0 Å². The Labute approximate surface area is 147 Å². The van der Waals surface area contributed by atoms with Crippen molar-refractivity contribution in [2.45, 2.75) is 26.3 Å². The Kier molecular flexibility index (Phi) is 6.05. The highest BCUT2D eigenvalue weighted by Crippen LogP contribution is 2.20. The predicted molar refractivity (Wildman–Crippen MR) is 92.0 cm³/mol. The second-order valence-corrected chi connectivity index (χ2v) is 8.82. The zero-order valence-corrected chi connectivity index (χ0v) is 15.2. The number of rotatable bonds is 6. The summed E-state index contributed by atoms with van der Waals surface area (Å²) in [7, 11) is -3.12. The highest BCUT2D eigenvalue weighted by Gasteiger charge is 2.35. The van der Waals surface area contributed by atoms with E-state index in [1.54, 1.807) is 12.1 Å². The number of para-hydroxylation sites is 1. The number of phenols is 1. The van der Waals surface area contributed by atoms with Crippen LogP contribution in [0.2, 0.25) is 0 Å². The number of ether oxygens (including phenoxy) is 1. The van der Waals surface area contributed by atoms with Crippen molar-refractivity contribution in [3.8, 4) is 5.75 Å². The summed E-state index contributed by atoms with van der Waals surface area (Å²) in [5, 5.41) is 9.64. The van der Waals surface area contributed by atoms with E-state index in [1.165, 1.54) is 17.0 Å². The third-order valence-electron chi connectivity index (χ3n) is 3.98. The summed E-state index contributed by atoms with van der Waals surface area (Å²) in [4.78, 5) is 26.0. The summed E-state index contributed by atoms with van der Waals surface area (Å²) in [6, 6.07) is 5.52. The summed E-state index contributed by atoms with van der Waals surface area (Å²) < 4.78 is 28.4. The molecule has 138 valence electrons. The van der Waals surface area contributed by atoms with Gasteiger partial charge in [-0.3, -0.25) is 4.79 Å². The lowest BCUT2D eigenvalue weighted by Gasteiger charge is -2.29. The van der Waals surface area contributed by atoms with Gasteiger partial charge in [-0.1, -0.05) is 26.0 Å². The maximum Gasteiger partial charge on any atom is 0.342 e. The van der Waals surface area contributed by atoms with Gasteiger partial charge in [0.25, 0.3) is 5.91 Å². The van der Waals surface area contributed by atoms with E-state index >= 15 is 0 Å². The number of carbonyl (C=O) groups is 2. The number of hydrogen-bond donors (Lipinski definition) is 1. The Balaban J connectivity index is 2.02. The zero-order chi connectivity index (χ0) is 18.6. The van der Waals surface area contributed by atoms with Crippen molar-refractivity contribution in [1.29, 1.82) is 0 Å². The molecule has 1 aromatic carbocycles. The number of phenolic OH excluding ortho intramolecular Hbond substituents is 1. The molecule has 1 fully saturated rings. The van der Waals surface area contributed by atoms with E-state index in [1.807, 2.05) is 13.8 Å². The summed E-state index contributed by atoms with van der Waals surface area (Å²) in [5.41, 5.74) is -0.0193. The van der Waals surface area contributed by atoms with Crippen LogP contribution < -0.4 is 0 Å². The van der Waals surface area contributed by atoms with Gasteiger partial charge in [0.1, 0.15) is 11.3 Å². The van der Waals surface area contributed by atoms with Gasteiger partial charge in [0.2, 0.25) is 0 Å². The molecule has 1 heterocycles. The molecule has 1 aliphatic heterocycles. The van der Waals surface area contributed by atoms with Crippen LogP contribution in [0.4, 0.5) is 0 Å². The molecular weight excluding hydrogens is 346 g/mol. The molecule has 1 atom stereocenters. The Bertz CT molecular complexity index is 743. The Morgan fingerprint density at radius 2 is 2.00 bits per heavy atom. The number of esters is 1. The number of carbonyl (C=O) groups excluding carboxylic acids is 2. The molecule has 7 nitrogen and oxygen atoms in total. The van der Waals surface area contributed by atoms with E-state index in [2.05, 4.69) is 0 Å². The topological polar surface area (TPSA) is 101 Å². The molecule has 1 aromatic rings. The van der Waals surface area contributed by atoms with Crippen molar-refractivity contribution in [2.75, 3.05) is 24.7 Å². The van der Waals surface area contributed by atoms with E-state index in [9.17, 15) is 23.1 Å². The van der Waals surface area contributed by atoms with E-state index in [0.29, 0.717) is 13.0 Å². The molecule has 0 unspecified atom stereocenters. The van der Waals surface area contributed by atoms with Crippen LogP contribution in [0, 0.1) is 5.92 Å². The van der Waals surface area contributed by atoms with Crippen molar-refractivity contribution in [2.24, 2.45) is 5.92 Å². The van der Waals surface area contributed by atoms with Crippen molar-refractivity contribution < 1.29 is 27.9 Å². The summed E-state index contributed by atoms with van der Waals surface area (Å²) in [6.45, 7) is 3.76. The quantitative estimate of drug-likeness (QED) is 0.757. The van der Waals surface area contributed by atoms with Gasteiger partial charge in [-0.2, -0.15) is 0 Å². The molecule has 0 saturated carbocycles. The minimum absolute atomic E-state index is 0.0193.